The maximum Gasteiger partial charge on any atom is 0.253 e. The van der Waals surface area contributed by atoms with Crippen molar-refractivity contribution in [1.82, 2.24) is 14.4 Å². The average Bonchev–Trinajstić information content (AvgIpc) is 2.61. The van der Waals surface area contributed by atoms with Crippen molar-refractivity contribution in [2.45, 2.75) is 13.5 Å². The normalized spacial score (nSPS) is 16.2. The van der Waals surface area contributed by atoms with Gasteiger partial charge in [-0.15, -0.1) is 0 Å². The summed E-state index contributed by atoms with van der Waals surface area (Å²) in [7, 11) is 5.68. The first-order chi connectivity index (χ1) is 12.0. The van der Waals surface area contributed by atoms with Crippen molar-refractivity contribution < 1.29 is 4.74 Å². The van der Waals surface area contributed by atoms with Gasteiger partial charge in [0.1, 0.15) is 5.75 Å². The molecule has 0 aliphatic carbocycles. The van der Waals surface area contributed by atoms with Crippen molar-refractivity contribution in [2.75, 3.05) is 40.3 Å². The lowest BCUT2D eigenvalue weighted by atomic mass is 10.0. The number of ether oxygens (including phenoxy) is 1. The van der Waals surface area contributed by atoms with E-state index in [2.05, 4.69) is 35.0 Å². The van der Waals surface area contributed by atoms with Gasteiger partial charge in [0.25, 0.3) is 5.56 Å². The smallest absolute Gasteiger partial charge is 0.253 e. The fourth-order valence-electron chi connectivity index (χ4n) is 3.34. The zero-order valence-corrected chi connectivity index (χ0v) is 15.6. The number of piperazine rings is 1. The predicted octanol–water partition coefficient (Wildman–Crippen LogP) is 2.12. The van der Waals surface area contributed by atoms with Gasteiger partial charge in [-0.1, -0.05) is 12.1 Å². The fraction of sp³-hybridized carbons (Fsp3) is 0.450. The molecule has 2 heterocycles. The van der Waals surface area contributed by atoms with Crippen LogP contribution in [0.4, 0.5) is 0 Å². The van der Waals surface area contributed by atoms with E-state index in [1.807, 2.05) is 19.2 Å². The number of pyridine rings is 1. The van der Waals surface area contributed by atoms with Crippen LogP contribution in [-0.2, 0) is 13.6 Å². The van der Waals surface area contributed by atoms with Crippen LogP contribution in [0.2, 0.25) is 0 Å². The van der Waals surface area contributed by atoms with Crippen LogP contribution in [0.5, 0.6) is 5.75 Å². The van der Waals surface area contributed by atoms with Crippen LogP contribution < -0.4 is 10.3 Å². The molecule has 1 aromatic heterocycles. The Morgan fingerprint density at radius 1 is 1.04 bits per heavy atom. The summed E-state index contributed by atoms with van der Waals surface area (Å²) in [5.41, 5.74) is 4.10. The van der Waals surface area contributed by atoms with Crippen LogP contribution in [0.25, 0.3) is 11.1 Å². The highest BCUT2D eigenvalue weighted by Gasteiger charge is 2.16. The SMILES string of the molecule is COc1cc(-c2cc(C)c(=O)n(C)c2)ccc1CN1CCN(C)CC1. The van der Waals surface area contributed by atoms with Crippen molar-refractivity contribution >= 4 is 0 Å². The Morgan fingerprint density at radius 2 is 1.76 bits per heavy atom. The maximum absolute atomic E-state index is 11.9. The number of hydrogen-bond donors (Lipinski definition) is 0. The number of methoxy groups -OCH3 is 1. The highest BCUT2D eigenvalue weighted by atomic mass is 16.5. The number of aryl methyl sites for hydroxylation is 2. The molecule has 1 aliphatic heterocycles. The molecule has 0 amide bonds. The van der Waals surface area contributed by atoms with Gasteiger partial charge >= 0.3 is 0 Å². The summed E-state index contributed by atoms with van der Waals surface area (Å²) in [6.45, 7) is 7.15. The van der Waals surface area contributed by atoms with Crippen LogP contribution in [-0.4, -0.2) is 54.7 Å². The molecular formula is C20H27N3O2. The molecule has 0 spiro atoms. The quantitative estimate of drug-likeness (QED) is 0.854. The van der Waals surface area contributed by atoms with Crippen LogP contribution in [0.1, 0.15) is 11.1 Å². The second-order valence-corrected chi connectivity index (χ2v) is 6.93. The molecule has 5 heteroatoms. The lowest BCUT2D eigenvalue weighted by Gasteiger charge is -2.32. The lowest BCUT2D eigenvalue weighted by molar-refractivity contribution is 0.147. The summed E-state index contributed by atoms with van der Waals surface area (Å²) in [5.74, 6) is 0.905. The van der Waals surface area contributed by atoms with Gasteiger partial charge in [-0.25, -0.2) is 0 Å². The number of benzene rings is 1. The van der Waals surface area contributed by atoms with Crippen molar-refractivity contribution in [3.05, 3.63) is 51.9 Å². The molecule has 1 aliphatic rings. The molecule has 1 saturated heterocycles. The van der Waals surface area contributed by atoms with Gasteiger partial charge in [0, 0.05) is 57.1 Å². The monoisotopic (exact) mass is 341 g/mol. The van der Waals surface area contributed by atoms with Crippen molar-refractivity contribution in [3.8, 4) is 16.9 Å². The van der Waals surface area contributed by atoms with E-state index in [1.165, 1.54) is 5.56 Å². The first-order valence-electron chi connectivity index (χ1n) is 8.73. The molecule has 0 unspecified atom stereocenters. The summed E-state index contributed by atoms with van der Waals surface area (Å²) >= 11 is 0. The Balaban J connectivity index is 1.86. The summed E-state index contributed by atoms with van der Waals surface area (Å²) < 4.78 is 7.28. The highest BCUT2D eigenvalue weighted by Crippen LogP contribution is 2.28. The van der Waals surface area contributed by atoms with E-state index in [9.17, 15) is 4.79 Å². The second-order valence-electron chi connectivity index (χ2n) is 6.93. The molecule has 3 rings (SSSR count). The van der Waals surface area contributed by atoms with Gasteiger partial charge in [0.2, 0.25) is 0 Å². The van der Waals surface area contributed by atoms with Gasteiger partial charge < -0.3 is 14.2 Å². The molecule has 1 fully saturated rings. The minimum atomic E-state index is 0.0439. The molecule has 25 heavy (non-hydrogen) atoms. The van der Waals surface area contributed by atoms with Crippen LogP contribution in [0.15, 0.2) is 35.3 Å². The Labute approximate surface area is 149 Å². The van der Waals surface area contributed by atoms with Gasteiger partial charge in [0.05, 0.1) is 7.11 Å². The molecule has 0 N–H and O–H groups in total. The van der Waals surface area contributed by atoms with E-state index in [4.69, 9.17) is 4.74 Å². The Bertz CT molecular complexity index is 779. The van der Waals surface area contributed by atoms with E-state index in [0.29, 0.717) is 0 Å². The molecule has 0 radical (unpaired) electrons. The molecule has 1 aromatic carbocycles. The van der Waals surface area contributed by atoms with E-state index in [1.54, 1.807) is 18.7 Å². The second kappa shape index (κ2) is 7.42. The van der Waals surface area contributed by atoms with Crippen molar-refractivity contribution in [2.24, 2.45) is 7.05 Å². The topological polar surface area (TPSA) is 37.7 Å². The predicted molar refractivity (Wildman–Crippen MR) is 101 cm³/mol. The third-order valence-corrected chi connectivity index (χ3v) is 4.97. The third-order valence-electron chi connectivity index (χ3n) is 4.97. The number of hydrogen-bond acceptors (Lipinski definition) is 4. The molecule has 134 valence electrons. The van der Waals surface area contributed by atoms with Gasteiger partial charge in [-0.3, -0.25) is 9.69 Å². The van der Waals surface area contributed by atoms with Crippen molar-refractivity contribution in [1.29, 1.82) is 0 Å². The minimum Gasteiger partial charge on any atom is -0.496 e. The van der Waals surface area contributed by atoms with Crippen LogP contribution in [0.3, 0.4) is 0 Å². The molecule has 0 atom stereocenters. The fourth-order valence-corrected chi connectivity index (χ4v) is 3.34. The number of likely N-dealkylation sites (N-methyl/N-ethyl adjacent to an activating group) is 1. The number of rotatable bonds is 4. The van der Waals surface area contributed by atoms with Gasteiger partial charge in [-0.2, -0.15) is 0 Å². The first-order valence-corrected chi connectivity index (χ1v) is 8.73. The van der Waals surface area contributed by atoms with E-state index >= 15 is 0 Å². The summed E-state index contributed by atoms with van der Waals surface area (Å²) in [6, 6.07) is 8.28. The van der Waals surface area contributed by atoms with Crippen LogP contribution >= 0.6 is 0 Å². The summed E-state index contributed by atoms with van der Waals surface area (Å²) in [5, 5.41) is 0. The van der Waals surface area contributed by atoms with Gasteiger partial charge in [-0.05, 0) is 37.2 Å². The van der Waals surface area contributed by atoms with E-state index < -0.39 is 0 Å². The first kappa shape index (κ1) is 17.7. The average molecular weight is 341 g/mol. The standard InChI is InChI=1S/C20H27N3O2/c1-15-11-18(13-22(3)20(15)24)16-5-6-17(19(12-16)25-4)14-23-9-7-21(2)8-10-23/h5-6,11-13H,7-10,14H2,1-4H3. The molecule has 5 nitrogen and oxygen atoms in total. The highest BCUT2D eigenvalue weighted by molar-refractivity contribution is 5.66. The Hall–Kier alpha value is -2.11. The van der Waals surface area contributed by atoms with E-state index in [0.717, 1.165) is 55.2 Å². The number of aromatic nitrogens is 1. The molecular weight excluding hydrogens is 314 g/mol. The third kappa shape index (κ3) is 3.94. The van der Waals surface area contributed by atoms with E-state index in [-0.39, 0.29) is 5.56 Å². The summed E-state index contributed by atoms with van der Waals surface area (Å²) in [4.78, 5) is 16.7. The maximum atomic E-state index is 11.9. The zero-order chi connectivity index (χ0) is 18.0. The molecule has 2 aromatic rings. The van der Waals surface area contributed by atoms with Gasteiger partial charge in [0.15, 0.2) is 0 Å². The number of nitrogens with zero attached hydrogens (tertiary/aromatic N) is 3. The Kier molecular flexibility index (Phi) is 5.25. The summed E-state index contributed by atoms with van der Waals surface area (Å²) in [6.07, 6.45) is 1.88. The zero-order valence-electron chi connectivity index (χ0n) is 15.6. The van der Waals surface area contributed by atoms with Crippen LogP contribution in [0, 0.1) is 6.92 Å². The Morgan fingerprint density at radius 3 is 2.40 bits per heavy atom. The largest absolute Gasteiger partial charge is 0.496 e. The molecule has 0 bridgehead atoms. The molecule has 0 saturated carbocycles. The van der Waals surface area contributed by atoms with Crippen molar-refractivity contribution in [3.63, 3.8) is 0 Å². The minimum absolute atomic E-state index is 0.0439. The lowest BCUT2D eigenvalue weighted by Crippen LogP contribution is -2.43.